The van der Waals surface area contributed by atoms with Gasteiger partial charge in [0.1, 0.15) is 0 Å². The molecule has 0 amide bonds. The van der Waals surface area contributed by atoms with Crippen LogP contribution in [0.15, 0.2) is 12.1 Å². The Morgan fingerprint density at radius 1 is 1.21 bits per heavy atom. The number of nitrogens with zero attached hydrogens (tertiary/aromatic N) is 1. The number of unbranched alkanes of at least 4 members (excludes halogenated alkanes) is 1. The van der Waals surface area contributed by atoms with E-state index in [0.29, 0.717) is 6.42 Å². The zero-order valence-electron chi connectivity index (χ0n) is 14.6. The number of fused-ring (bicyclic) bond motifs is 3. The molecule has 0 aliphatic carbocycles. The molecule has 2 aliphatic rings. The van der Waals surface area contributed by atoms with Gasteiger partial charge in [0.05, 0.1) is 27.0 Å². The van der Waals surface area contributed by atoms with Gasteiger partial charge in [-0.15, -0.1) is 0 Å². The van der Waals surface area contributed by atoms with Gasteiger partial charge < -0.3 is 14.6 Å². The molecule has 2 heterocycles. The van der Waals surface area contributed by atoms with E-state index < -0.39 is 0 Å². The van der Waals surface area contributed by atoms with Crippen LogP contribution in [0.2, 0.25) is 0 Å². The van der Waals surface area contributed by atoms with Crippen molar-refractivity contribution in [2.45, 2.75) is 44.2 Å². The number of aliphatic hydroxyl groups is 1. The van der Waals surface area contributed by atoms with Crippen LogP contribution in [0.1, 0.15) is 42.9 Å². The van der Waals surface area contributed by atoms with Crippen molar-refractivity contribution in [3.63, 3.8) is 0 Å². The summed E-state index contributed by atoms with van der Waals surface area (Å²) in [5.74, 6) is 1.78. The number of piperidine rings is 1. The summed E-state index contributed by atoms with van der Waals surface area (Å²) >= 11 is 0. The molecule has 0 radical (unpaired) electrons. The minimum Gasteiger partial charge on any atom is -0.493 e. The first-order valence-electron chi connectivity index (χ1n) is 8.90. The topological polar surface area (TPSA) is 41.9 Å². The average Bonchev–Trinajstić information content (AvgIpc) is 2.61. The van der Waals surface area contributed by atoms with Crippen LogP contribution in [0.25, 0.3) is 0 Å². The maximum atomic E-state index is 12.3. The summed E-state index contributed by atoms with van der Waals surface area (Å²) < 4.78 is 23.2. The molecule has 1 aromatic rings. The molecule has 0 spiro atoms. The Morgan fingerprint density at radius 3 is 2.67 bits per heavy atom. The Hall–Kier alpha value is -1.33. The molecule has 2 aliphatic heterocycles. The van der Waals surface area contributed by atoms with Crippen molar-refractivity contribution in [1.82, 2.24) is 4.90 Å². The van der Waals surface area contributed by atoms with Gasteiger partial charge >= 0.3 is 0 Å². The number of hydrogen-bond donors (Lipinski definition) is 1. The number of methoxy groups -OCH3 is 2. The van der Waals surface area contributed by atoms with Crippen LogP contribution in [-0.4, -0.2) is 50.1 Å². The van der Waals surface area contributed by atoms with E-state index in [2.05, 4.69) is 17.0 Å². The van der Waals surface area contributed by atoms with Crippen molar-refractivity contribution < 1.29 is 19.0 Å². The fourth-order valence-corrected chi connectivity index (χ4v) is 4.20. The van der Waals surface area contributed by atoms with Crippen molar-refractivity contribution in [3.8, 4) is 11.5 Å². The van der Waals surface area contributed by atoms with E-state index in [1.165, 1.54) is 11.1 Å². The van der Waals surface area contributed by atoms with Crippen LogP contribution in [0.5, 0.6) is 11.5 Å². The quantitative estimate of drug-likeness (QED) is 0.810. The van der Waals surface area contributed by atoms with E-state index in [4.69, 9.17) is 9.47 Å². The summed E-state index contributed by atoms with van der Waals surface area (Å²) in [5, 5.41) is 10.6. The van der Waals surface area contributed by atoms with E-state index in [-0.39, 0.29) is 24.7 Å². The van der Waals surface area contributed by atoms with Gasteiger partial charge in [-0.3, -0.25) is 9.29 Å². The minimum atomic E-state index is -0.315. The third-order valence-corrected chi connectivity index (χ3v) is 5.55. The Labute approximate surface area is 143 Å². The molecular weight excluding hydrogens is 309 g/mol. The monoisotopic (exact) mass is 337 g/mol. The summed E-state index contributed by atoms with van der Waals surface area (Å²) in [6, 6.07) is 4.38. The first-order valence-corrected chi connectivity index (χ1v) is 8.90. The van der Waals surface area contributed by atoms with Crippen molar-refractivity contribution in [1.29, 1.82) is 0 Å². The lowest BCUT2D eigenvalue weighted by molar-refractivity contribution is -0.0159. The number of ether oxygens (including phenoxy) is 2. The zero-order chi connectivity index (χ0) is 17.1. The predicted octanol–water partition coefficient (Wildman–Crippen LogP) is 3.12. The molecule has 0 aromatic heterocycles. The van der Waals surface area contributed by atoms with Crippen molar-refractivity contribution >= 4 is 0 Å². The molecule has 0 unspecified atom stereocenters. The molecular formula is C19H28FNO3. The van der Waals surface area contributed by atoms with Gasteiger partial charge in [0, 0.05) is 19.1 Å². The smallest absolute Gasteiger partial charge is 0.161 e. The second-order valence-electron chi connectivity index (χ2n) is 6.91. The van der Waals surface area contributed by atoms with E-state index in [9.17, 15) is 9.50 Å². The van der Waals surface area contributed by atoms with Gasteiger partial charge in [-0.1, -0.05) is 6.42 Å². The lowest BCUT2D eigenvalue weighted by atomic mass is 9.80. The standard InChI is InChI=1S/C19H28FNO3/c1-23-18-9-13-6-8-21-12-14(5-3-4-7-20)17(22)11-16(21)15(13)10-19(18)24-2/h9-10,14,16-17,22H,3-8,11-12H2,1-2H3/t14-,16-,17-/m1/s1/i20+0. The van der Waals surface area contributed by atoms with Crippen LogP contribution in [0.4, 0.5) is 4.39 Å². The van der Waals surface area contributed by atoms with E-state index in [1.807, 2.05) is 0 Å². The van der Waals surface area contributed by atoms with Gasteiger partial charge in [-0.2, -0.15) is 0 Å². The van der Waals surface area contributed by atoms with Crippen molar-refractivity contribution in [3.05, 3.63) is 23.3 Å². The first-order chi connectivity index (χ1) is 11.7. The highest BCUT2D eigenvalue weighted by Gasteiger charge is 2.38. The maximum absolute atomic E-state index is 12.3. The molecule has 1 fully saturated rings. The van der Waals surface area contributed by atoms with Crippen LogP contribution in [-0.2, 0) is 6.42 Å². The van der Waals surface area contributed by atoms with Gasteiger partial charge in [0.2, 0.25) is 0 Å². The van der Waals surface area contributed by atoms with E-state index >= 15 is 0 Å². The summed E-state index contributed by atoms with van der Waals surface area (Å²) in [4.78, 5) is 2.47. The number of alkyl halides is 1. The number of halogens is 1. The Balaban J connectivity index is 1.78. The van der Waals surface area contributed by atoms with Crippen molar-refractivity contribution in [2.24, 2.45) is 5.92 Å². The Kier molecular flexibility index (Phi) is 5.61. The highest BCUT2D eigenvalue weighted by molar-refractivity contribution is 5.49. The molecule has 1 aromatic carbocycles. The molecule has 24 heavy (non-hydrogen) atoms. The highest BCUT2D eigenvalue weighted by atomic mass is 19.1. The summed E-state index contributed by atoms with van der Waals surface area (Å²) in [5.41, 5.74) is 2.54. The number of benzene rings is 1. The summed E-state index contributed by atoms with van der Waals surface area (Å²) in [7, 11) is 3.31. The zero-order valence-corrected chi connectivity index (χ0v) is 14.6. The second-order valence-corrected chi connectivity index (χ2v) is 6.91. The number of rotatable bonds is 6. The van der Waals surface area contributed by atoms with Gasteiger partial charge in [0.25, 0.3) is 0 Å². The second kappa shape index (κ2) is 7.70. The Morgan fingerprint density at radius 2 is 1.96 bits per heavy atom. The molecule has 0 bridgehead atoms. The third kappa shape index (κ3) is 3.38. The fourth-order valence-electron chi connectivity index (χ4n) is 4.20. The lowest BCUT2D eigenvalue weighted by Crippen LogP contribution is -2.48. The lowest BCUT2D eigenvalue weighted by Gasteiger charge is -2.46. The Bertz CT molecular complexity index is 566. The highest BCUT2D eigenvalue weighted by Crippen LogP contribution is 2.43. The number of aliphatic hydroxyl groups excluding tert-OH is 1. The van der Waals surface area contributed by atoms with Gasteiger partial charge in [-0.05, 0) is 54.9 Å². The van der Waals surface area contributed by atoms with Crippen LogP contribution >= 0.6 is 0 Å². The molecule has 3 rings (SSSR count). The molecule has 0 saturated carbocycles. The molecule has 4 nitrogen and oxygen atoms in total. The van der Waals surface area contributed by atoms with Gasteiger partial charge in [0.15, 0.2) is 11.5 Å². The molecule has 1 saturated heterocycles. The van der Waals surface area contributed by atoms with Crippen LogP contribution in [0, 0.1) is 5.92 Å². The van der Waals surface area contributed by atoms with Gasteiger partial charge in [-0.25, -0.2) is 0 Å². The molecule has 5 heteroatoms. The largest absolute Gasteiger partial charge is 0.493 e. The molecule has 3 atom stereocenters. The third-order valence-electron chi connectivity index (χ3n) is 5.55. The summed E-state index contributed by atoms with van der Waals surface area (Å²) in [6.07, 6.45) is 3.78. The fraction of sp³-hybridized carbons (Fsp3) is 0.684. The average molecular weight is 337 g/mol. The van der Waals surface area contributed by atoms with Crippen LogP contribution < -0.4 is 9.47 Å². The SMILES string of the molecule is COc1cc2c(cc1OC)[C@H]1C[C@@H](O)[C@H](CCCC[19F])CN1CC2. The maximum Gasteiger partial charge on any atom is 0.161 e. The first kappa shape index (κ1) is 17.5. The predicted molar refractivity (Wildman–Crippen MR) is 91.5 cm³/mol. The van der Waals surface area contributed by atoms with E-state index in [1.54, 1.807) is 14.2 Å². The number of hydrogen-bond acceptors (Lipinski definition) is 4. The molecule has 1 N–H and O–H groups in total. The van der Waals surface area contributed by atoms with E-state index in [0.717, 1.165) is 50.3 Å². The van der Waals surface area contributed by atoms with Crippen LogP contribution in [0.3, 0.4) is 0 Å². The van der Waals surface area contributed by atoms with Crippen molar-refractivity contribution in [2.75, 3.05) is 34.0 Å². The normalized spacial score (nSPS) is 26.6. The molecule has 134 valence electrons. The minimum absolute atomic E-state index is 0.237. The summed E-state index contributed by atoms with van der Waals surface area (Å²) in [6.45, 7) is 1.63.